The Bertz CT molecular complexity index is 4120. The first kappa shape index (κ1) is 41.0. The molecule has 0 spiro atoms. The third-order valence-corrected chi connectivity index (χ3v) is 16.1. The van der Waals surface area contributed by atoms with Gasteiger partial charge in [-0.1, -0.05) is 137 Å². The molecular formula is C68H48N2O2. The highest BCUT2D eigenvalue weighted by Crippen LogP contribution is 2.53. The zero-order valence-corrected chi connectivity index (χ0v) is 40.5. The molecule has 72 heavy (non-hydrogen) atoms. The predicted octanol–water partition coefficient (Wildman–Crippen LogP) is 19.3. The van der Waals surface area contributed by atoms with Gasteiger partial charge < -0.3 is 18.6 Å². The molecule has 2 heterocycles. The molecule has 2 aromatic heterocycles. The van der Waals surface area contributed by atoms with E-state index >= 15 is 0 Å². The van der Waals surface area contributed by atoms with Crippen molar-refractivity contribution in [2.45, 2.75) is 38.5 Å². The van der Waals surface area contributed by atoms with Gasteiger partial charge in [0.25, 0.3) is 0 Å². The molecule has 0 amide bonds. The Morgan fingerprint density at radius 1 is 0.264 bits per heavy atom. The number of rotatable bonds is 6. The maximum atomic E-state index is 6.77. The zero-order chi connectivity index (χ0) is 48.0. The van der Waals surface area contributed by atoms with Crippen LogP contribution in [0, 0.1) is 0 Å². The second-order valence-corrected chi connectivity index (χ2v) is 21.0. The SMILES string of the molecule is CC1(C)c2ccccc2-c2cc(N(c3ccccc3)c3ccc4cc5c(cc4c3)oc3cc4c(cc35)oc3cc5cc(N(c6ccccc6)c6ccc7c(c6)-c6ccccc6C7(C)C)ccc5cc34)ccc21. The minimum absolute atomic E-state index is 0.0553. The lowest BCUT2D eigenvalue weighted by atomic mass is 9.82. The van der Waals surface area contributed by atoms with Crippen LogP contribution < -0.4 is 9.80 Å². The molecule has 11 aromatic carbocycles. The first-order valence-corrected chi connectivity index (χ1v) is 25.1. The number of furan rings is 2. The molecule has 0 saturated heterocycles. The Balaban J connectivity index is 0.808. The predicted molar refractivity (Wildman–Crippen MR) is 301 cm³/mol. The Labute approximate surface area is 417 Å². The number of nitrogens with zero attached hydrogens (tertiary/aromatic N) is 2. The maximum Gasteiger partial charge on any atom is 0.136 e. The van der Waals surface area contributed by atoms with Crippen molar-refractivity contribution < 1.29 is 8.83 Å². The molecule has 0 aliphatic heterocycles. The molecule has 13 aromatic rings. The molecule has 2 aliphatic rings. The quantitative estimate of drug-likeness (QED) is 0.166. The molecule has 0 N–H and O–H groups in total. The van der Waals surface area contributed by atoms with Crippen LogP contribution in [0.5, 0.6) is 0 Å². The van der Waals surface area contributed by atoms with Crippen LogP contribution >= 0.6 is 0 Å². The van der Waals surface area contributed by atoms with E-state index in [1.165, 1.54) is 44.5 Å². The van der Waals surface area contributed by atoms with Gasteiger partial charge in [0, 0.05) is 66.5 Å². The number of anilines is 6. The maximum absolute atomic E-state index is 6.77. The molecule has 2 aliphatic carbocycles. The summed E-state index contributed by atoms with van der Waals surface area (Å²) < 4.78 is 13.5. The van der Waals surface area contributed by atoms with E-state index in [0.717, 1.165) is 99.5 Å². The fourth-order valence-electron chi connectivity index (χ4n) is 12.5. The van der Waals surface area contributed by atoms with Crippen LogP contribution in [0.4, 0.5) is 34.1 Å². The Hall–Kier alpha value is -8.86. The summed E-state index contributed by atoms with van der Waals surface area (Å²) in [5, 5.41) is 8.75. The van der Waals surface area contributed by atoms with Gasteiger partial charge in [-0.2, -0.15) is 0 Å². The number of fused-ring (bicyclic) bond motifs is 14. The van der Waals surface area contributed by atoms with Crippen LogP contribution in [0.25, 0.3) is 87.7 Å². The summed E-state index contributed by atoms with van der Waals surface area (Å²) in [6, 6.07) is 79.8. The van der Waals surface area contributed by atoms with Crippen LogP contribution in [0.1, 0.15) is 49.9 Å². The molecule has 0 saturated carbocycles. The van der Waals surface area contributed by atoms with Crippen molar-refractivity contribution >= 4 is 99.5 Å². The van der Waals surface area contributed by atoms with Crippen molar-refractivity contribution in [3.8, 4) is 22.3 Å². The van der Waals surface area contributed by atoms with E-state index in [-0.39, 0.29) is 10.8 Å². The summed E-state index contributed by atoms with van der Waals surface area (Å²) in [5.41, 5.74) is 20.6. The monoisotopic (exact) mass is 924 g/mol. The van der Waals surface area contributed by atoms with E-state index in [9.17, 15) is 0 Å². The largest absolute Gasteiger partial charge is 0.456 e. The van der Waals surface area contributed by atoms with Crippen LogP contribution in [-0.2, 0) is 10.8 Å². The molecule has 0 atom stereocenters. The van der Waals surface area contributed by atoms with E-state index in [1.807, 2.05) is 0 Å². The average Bonchev–Trinajstić information content (AvgIpc) is 4.08. The van der Waals surface area contributed by atoms with Crippen molar-refractivity contribution in [3.63, 3.8) is 0 Å². The third kappa shape index (κ3) is 5.93. The van der Waals surface area contributed by atoms with E-state index in [1.54, 1.807) is 0 Å². The topological polar surface area (TPSA) is 32.8 Å². The van der Waals surface area contributed by atoms with Crippen molar-refractivity contribution in [2.24, 2.45) is 0 Å². The van der Waals surface area contributed by atoms with Crippen LogP contribution in [-0.4, -0.2) is 0 Å². The van der Waals surface area contributed by atoms with Crippen molar-refractivity contribution in [3.05, 3.63) is 241 Å². The van der Waals surface area contributed by atoms with Gasteiger partial charge in [0.2, 0.25) is 0 Å². The fraction of sp³-hybridized carbons (Fsp3) is 0.0882. The molecule has 0 bridgehead atoms. The van der Waals surface area contributed by atoms with Gasteiger partial charge in [0.1, 0.15) is 22.3 Å². The van der Waals surface area contributed by atoms with Crippen molar-refractivity contribution in [1.29, 1.82) is 0 Å². The van der Waals surface area contributed by atoms with Crippen LogP contribution in [0.15, 0.2) is 227 Å². The second kappa shape index (κ2) is 14.8. The molecule has 4 nitrogen and oxygen atoms in total. The number of benzene rings is 11. The van der Waals surface area contributed by atoms with Gasteiger partial charge in [-0.15, -0.1) is 0 Å². The Morgan fingerprint density at radius 2 is 0.611 bits per heavy atom. The van der Waals surface area contributed by atoms with Gasteiger partial charge in [0.15, 0.2) is 0 Å². The summed E-state index contributed by atoms with van der Waals surface area (Å²) in [7, 11) is 0. The summed E-state index contributed by atoms with van der Waals surface area (Å²) in [5.74, 6) is 0. The van der Waals surface area contributed by atoms with Gasteiger partial charge in [-0.25, -0.2) is 0 Å². The van der Waals surface area contributed by atoms with Gasteiger partial charge in [0.05, 0.1) is 0 Å². The molecule has 15 rings (SSSR count). The Morgan fingerprint density at radius 3 is 1.06 bits per heavy atom. The van der Waals surface area contributed by atoms with E-state index < -0.39 is 0 Å². The van der Waals surface area contributed by atoms with Gasteiger partial charge in [-0.05, 0) is 175 Å². The zero-order valence-electron chi connectivity index (χ0n) is 40.5. The molecule has 342 valence electrons. The number of hydrogen-bond acceptors (Lipinski definition) is 4. The average molecular weight is 925 g/mol. The summed E-state index contributed by atoms with van der Waals surface area (Å²) >= 11 is 0. The summed E-state index contributed by atoms with van der Waals surface area (Å²) in [6.07, 6.45) is 0. The summed E-state index contributed by atoms with van der Waals surface area (Å²) in [6.45, 7) is 9.34. The van der Waals surface area contributed by atoms with Crippen LogP contribution in [0.3, 0.4) is 0 Å². The molecular weight excluding hydrogens is 877 g/mol. The van der Waals surface area contributed by atoms with Crippen molar-refractivity contribution in [2.75, 3.05) is 9.80 Å². The lowest BCUT2D eigenvalue weighted by Crippen LogP contribution is -2.15. The summed E-state index contributed by atoms with van der Waals surface area (Å²) in [4.78, 5) is 4.74. The highest BCUT2D eigenvalue weighted by atomic mass is 16.3. The van der Waals surface area contributed by atoms with Gasteiger partial charge in [-0.3, -0.25) is 0 Å². The van der Waals surface area contributed by atoms with Crippen LogP contribution in [0.2, 0.25) is 0 Å². The second-order valence-electron chi connectivity index (χ2n) is 21.0. The molecule has 0 fully saturated rings. The highest BCUT2D eigenvalue weighted by molar-refractivity contribution is 6.18. The standard InChI is InChI=1S/C68H48N2O2/c1-67(2)59-21-13-11-19-51(59)53-37-49(27-29-61(53)67)69(45-15-7-5-8-16-45)47-25-23-41-33-55-57-39-66-58(40-65(57)71-63(55)35-43(41)31-47)56-34-42-24-26-48(32-44(42)36-64(56)72-66)70(46-17-9-6-10-18-46)50-28-30-62-54(38-50)52-20-12-14-22-60(52)68(62,3)4/h5-40H,1-4H3. The minimum atomic E-state index is -0.0553. The van der Waals surface area contributed by atoms with Gasteiger partial charge >= 0.3 is 0 Å². The van der Waals surface area contributed by atoms with E-state index in [0.29, 0.717) is 0 Å². The van der Waals surface area contributed by atoms with Crippen molar-refractivity contribution in [1.82, 2.24) is 0 Å². The number of para-hydroxylation sites is 2. The van der Waals surface area contributed by atoms with E-state index in [2.05, 4.69) is 256 Å². The Kier molecular flexibility index (Phi) is 8.44. The fourth-order valence-corrected chi connectivity index (χ4v) is 12.5. The highest BCUT2D eigenvalue weighted by Gasteiger charge is 2.37. The lowest BCUT2D eigenvalue weighted by molar-refractivity contribution is 0.660. The normalized spacial score (nSPS) is 14.1. The molecule has 0 radical (unpaired) electrons. The molecule has 0 unspecified atom stereocenters. The first-order valence-electron chi connectivity index (χ1n) is 25.1. The third-order valence-electron chi connectivity index (χ3n) is 16.1. The lowest BCUT2D eigenvalue weighted by Gasteiger charge is -2.27. The number of hydrogen-bond donors (Lipinski definition) is 0. The first-order chi connectivity index (χ1) is 35.2. The minimum Gasteiger partial charge on any atom is -0.456 e. The molecule has 4 heteroatoms. The smallest absolute Gasteiger partial charge is 0.136 e. The van der Waals surface area contributed by atoms with E-state index in [4.69, 9.17) is 8.83 Å².